The van der Waals surface area contributed by atoms with Crippen LogP contribution in [0, 0.1) is 15.9 Å². The summed E-state index contributed by atoms with van der Waals surface area (Å²) in [5.74, 6) is -1.45. The fraction of sp³-hybridized carbons (Fsp3) is 0.190. The second kappa shape index (κ2) is 9.50. The van der Waals surface area contributed by atoms with Gasteiger partial charge < -0.3 is 14.1 Å². The number of nitrogens with zero attached hydrogens (tertiary/aromatic N) is 2. The van der Waals surface area contributed by atoms with Crippen LogP contribution in [-0.4, -0.2) is 28.5 Å². The van der Waals surface area contributed by atoms with Gasteiger partial charge in [0.05, 0.1) is 11.5 Å². The molecule has 3 rings (SSSR count). The van der Waals surface area contributed by atoms with E-state index in [0.717, 1.165) is 6.07 Å². The molecule has 0 radical (unpaired) electrons. The van der Waals surface area contributed by atoms with Gasteiger partial charge in [-0.1, -0.05) is 18.2 Å². The van der Waals surface area contributed by atoms with Gasteiger partial charge in [0.1, 0.15) is 30.5 Å². The number of carbonyl (C=O) groups is 1. The number of hydrogen-bond donors (Lipinski definition) is 0. The van der Waals surface area contributed by atoms with Crippen LogP contribution < -0.4 is 4.74 Å². The first kappa shape index (κ1) is 22.8. The molecular formula is C21H16F4N2O5. The van der Waals surface area contributed by atoms with E-state index in [4.69, 9.17) is 9.15 Å². The summed E-state index contributed by atoms with van der Waals surface area (Å²) in [5, 5.41) is 11.2. The topological polar surface area (TPSA) is 85.8 Å². The first-order valence-corrected chi connectivity index (χ1v) is 9.18. The summed E-state index contributed by atoms with van der Waals surface area (Å²) in [6, 6.07) is 12.9. The van der Waals surface area contributed by atoms with Crippen molar-refractivity contribution in [2.75, 3.05) is 6.54 Å². The molecule has 0 saturated heterocycles. The predicted molar refractivity (Wildman–Crippen MR) is 103 cm³/mol. The van der Waals surface area contributed by atoms with E-state index in [1.807, 2.05) is 0 Å². The molecule has 0 spiro atoms. The number of rotatable bonds is 8. The van der Waals surface area contributed by atoms with Crippen molar-refractivity contribution in [2.45, 2.75) is 19.3 Å². The Labute approximate surface area is 179 Å². The molecule has 0 aliphatic heterocycles. The van der Waals surface area contributed by atoms with E-state index in [9.17, 15) is 32.5 Å². The van der Waals surface area contributed by atoms with Gasteiger partial charge in [0, 0.05) is 11.6 Å². The van der Waals surface area contributed by atoms with Crippen LogP contribution in [0.25, 0.3) is 0 Å². The molecule has 1 amide bonds. The van der Waals surface area contributed by atoms with Crippen LogP contribution in [0.1, 0.15) is 21.9 Å². The third kappa shape index (κ3) is 6.06. The highest BCUT2D eigenvalue weighted by atomic mass is 19.4. The Hall–Kier alpha value is -3.89. The second-order valence-electron chi connectivity index (χ2n) is 6.67. The Kier molecular flexibility index (Phi) is 6.76. The van der Waals surface area contributed by atoms with E-state index >= 15 is 0 Å². The molecule has 0 aliphatic carbocycles. The quantitative estimate of drug-likeness (QED) is 0.269. The number of furan rings is 1. The lowest BCUT2D eigenvalue weighted by Crippen LogP contribution is -2.38. The number of hydrogen-bond acceptors (Lipinski definition) is 5. The predicted octanol–water partition coefficient (Wildman–Crippen LogP) is 5.11. The average molecular weight is 452 g/mol. The van der Waals surface area contributed by atoms with Crippen LogP contribution in [0.15, 0.2) is 65.1 Å². The standard InChI is InChI=1S/C21H16F4N2O5/c22-15-5-7-16(8-6-15)31-12-17-9-10-19(32-17)20(28)26(13-21(23,24)25)11-14-3-1-2-4-18(14)27(29)30/h1-10H,11-13H2. The monoisotopic (exact) mass is 452 g/mol. The summed E-state index contributed by atoms with van der Waals surface area (Å²) in [5.41, 5.74) is -0.457. The largest absolute Gasteiger partial charge is 0.486 e. The highest BCUT2D eigenvalue weighted by Crippen LogP contribution is 2.25. The van der Waals surface area contributed by atoms with E-state index < -0.39 is 41.6 Å². The van der Waals surface area contributed by atoms with Gasteiger partial charge >= 0.3 is 6.18 Å². The lowest BCUT2D eigenvalue weighted by Gasteiger charge is -2.23. The van der Waals surface area contributed by atoms with Crippen molar-refractivity contribution < 1.29 is 36.4 Å². The third-order valence-corrected chi connectivity index (χ3v) is 4.27. The molecule has 0 unspecified atom stereocenters. The van der Waals surface area contributed by atoms with Crippen LogP contribution in [0.4, 0.5) is 23.2 Å². The number of alkyl halides is 3. The van der Waals surface area contributed by atoms with Gasteiger partial charge in [-0.3, -0.25) is 14.9 Å². The number of carbonyl (C=O) groups excluding carboxylic acids is 1. The van der Waals surface area contributed by atoms with E-state index in [-0.39, 0.29) is 23.7 Å². The van der Waals surface area contributed by atoms with Crippen LogP contribution in [0.2, 0.25) is 0 Å². The molecule has 7 nitrogen and oxygen atoms in total. The van der Waals surface area contributed by atoms with Crippen LogP contribution in [0.5, 0.6) is 5.75 Å². The zero-order valence-corrected chi connectivity index (χ0v) is 16.3. The summed E-state index contributed by atoms with van der Waals surface area (Å²) in [6.07, 6.45) is -4.74. The maximum atomic E-state index is 13.1. The van der Waals surface area contributed by atoms with E-state index in [0.29, 0.717) is 10.6 Å². The number of para-hydroxylation sites is 1. The minimum absolute atomic E-state index is 0.0541. The Balaban J connectivity index is 1.76. The molecule has 168 valence electrons. The first-order valence-electron chi connectivity index (χ1n) is 9.18. The number of nitro groups is 1. The van der Waals surface area contributed by atoms with Gasteiger partial charge in [-0.05, 0) is 36.4 Å². The van der Waals surface area contributed by atoms with Crippen LogP contribution in [0.3, 0.4) is 0 Å². The normalized spacial score (nSPS) is 11.2. The highest BCUT2D eigenvalue weighted by Gasteiger charge is 2.35. The molecule has 0 bridgehead atoms. The molecule has 11 heteroatoms. The third-order valence-electron chi connectivity index (χ3n) is 4.27. The molecule has 0 fully saturated rings. The first-order chi connectivity index (χ1) is 15.1. The maximum Gasteiger partial charge on any atom is 0.406 e. The Morgan fingerprint density at radius 2 is 1.75 bits per heavy atom. The van der Waals surface area contributed by atoms with Crippen molar-refractivity contribution in [3.05, 3.63) is 93.7 Å². The molecule has 0 N–H and O–H groups in total. The van der Waals surface area contributed by atoms with Gasteiger partial charge in [-0.25, -0.2) is 4.39 Å². The van der Waals surface area contributed by atoms with Crippen molar-refractivity contribution in [3.8, 4) is 5.75 Å². The smallest absolute Gasteiger partial charge is 0.406 e. The molecule has 1 aromatic heterocycles. The molecule has 0 atom stereocenters. The molecular weight excluding hydrogens is 436 g/mol. The molecule has 2 aromatic carbocycles. The van der Waals surface area contributed by atoms with Gasteiger partial charge in [0.25, 0.3) is 11.6 Å². The van der Waals surface area contributed by atoms with Crippen molar-refractivity contribution in [2.24, 2.45) is 0 Å². The van der Waals surface area contributed by atoms with Crippen LogP contribution >= 0.6 is 0 Å². The van der Waals surface area contributed by atoms with Gasteiger partial charge in [0.2, 0.25) is 0 Å². The minimum Gasteiger partial charge on any atom is -0.486 e. The van der Waals surface area contributed by atoms with Crippen LogP contribution in [-0.2, 0) is 13.2 Å². The molecule has 1 heterocycles. The molecule has 0 aliphatic rings. The summed E-state index contributed by atoms with van der Waals surface area (Å²) < 4.78 is 62.9. The summed E-state index contributed by atoms with van der Waals surface area (Å²) in [7, 11) is 0. The van der Waals surface area contributed by atoms with Gasteiger partial charge in [-0.2, -0.15) is 13.2 Å². The second-order valence-corrected chi connectivity index (χ2v) is 6.67. The van der Waals surface area contributed by atoms with Crippen molar-refractivity contribution in [1.29, 1.82) is 0 Å². The van der Waals surface area contributed by atoms with Crippen molar-refractivity contribution in [1.82, 2.24) is 4.90 Å². The van der Waals surface area contributed by atoms with E-state index in [1.54, 1.807) is 0 Å². The minimum atomic E-state index is -4.74. The van der Waals surface area contributed by atoms with E-state index in [2.05, 4.69) is 0 Å². The number of amides is 1. The number of halogens is 4. The zero-order valence-electron chi connectivity index (χ0n) is 16.3. The Morgan fingerprint density at radius 1 is 1.06 bits per heavy atom. The molecule has 3 aromatic rings. The van der Waals surface area contributed by atoms with Crippen molar-refractivity contribution in [3.63, 3.8) is 0 Å². The average Bonchev–Trinajstić information content (AvgIpc) is 3.20. The highest BCUT2D eigenvalue weighted by molar-refractivity contribution is 5.91. The summed E-state index contributed by atoms with van der Waals surface area (Å²) in [6.45, 7) is -2.42. The summed E-state index contributed by atoms with van der Waals surface area (Å²) >= 11 is 0. The zero-order chi connectivity index (χ0) is 23.3. The number of nitro benzene ring substituents is 1. The maximum absolute atomic E-state index is 13.1. The fourth-order valence-electron chi connectivity index (χ4n) is 2.86. The molecule has 0 saturated carbocycles. The van der Waals surface area contributed by atoms with Crippen molar-refractivity contribution >= 4 is 11.6 Å². The lowest BCUT2D eigenvalue weighted by atomic mass is 10.1. The lowest BCUT2D eigenvalue weighted by molar-refractivity contribution is -0.385. The molecule has 32 heavy (non-hydrogen) atoms. The number of benzene rings is 2. The van der Waals surface area contributed by atoms with Gasteiger partial charge in [0.15, 0.2) is 5.76 Å². The van der Waals surface area contributed by atoms with E-state index in [1.165, 1.54) is 54.6 Å². The number of ether oxygens (including phenoxy) is 1. The SMILES string of the molecule is O=C(c1ccc(COc2ccc(F)cc2)o1)N(Cc1ccccc1[N+](=O)[O-])CC(F)(F)F. The fourth-order valence-corrected chi connectivity index (χ4v) is 2.86. The van der Waals surface area contributed by atoms with Gasteiger partial charge in [-0.15, -0.1) is 0 Å². The summed E-state index contributed by atoms with van der Waals surface area (Å²) in [4.78, 5) is 23.6. The Bertz CT molecular complexity index is 1100. The Morgan fingerprint density at radius 3 is 2.41 bits per heavy atom.